The molecule has 0 saturated carbocycles. The highest BCUT2D eigenvalue weighted by atomic mass is 16.4. The van der Waals surface area contributed by atoms with Crippen molar-refractivity contribution < 1.29 is 39.6 Å². The number of carbonyl (C=O) groups is 4. The van der Waals surface area contributed by atoms with Gasteiger partial charge in [-0.1, -0.05) is 60.4 Å². The summed E-state index contributed by atoms with van der Waals surface area (Å²) in [6.45, 7) is 0. The first-order valence-electron chi connectivity index (χ1n) is 11.8. The lowest BCUT2D eigenvalue weighted by atomic mass is 9.87. The first-order valence-corrected chi connectivity index (χ1v) is 11.8. The Bertz CT molecular complexity index is 1850. The fourth-order valence-corrected chi connectivity index (χ4v) is 4.67. The molecule has 5 aromatic carbocycles. The molecule has 0 fully saturated rings. The summed E-state index contributed by atoms with van der Waals surface area (Å²) in [4.78, 5) is 46.7. The van der Waals surface area contributed by atoms with E-state index in [9.17, 15) is 39.6 Å². The van der Waals surface area contributed by atoms with Gasteiger partial charge in [0.2, 0.25) is 0 Å². The van der Waals surface area contributed by atoms with Gasteiger partial charge in [0.05, 0.1) is 22.3 Å². The van der Waals surface area contributed by atoms with Crippen molar-refractivity contribution in [2.45, 2.75) is 0 Å². The summed E-state index contributed by atoms with van der Waals surface area (Å²) in [5.74, 6) is 0.922. The van der Waals surface area contributed by atoms with Crippen LogP contribution in [0, 0.1) is 11.8 Å². The van der Waals surface area contributed by atoms with Crippen LogP contribution in [0.5, 0.6) is 0 Å². The van der Waals surface area contributed by atoms with E-state index in [1.807, 2.05) is 24.3 Å². The van der Waals surface area contributed by atoms with Crippen molar-refractivity contribution in [3.63, 3.8) is 0 Å². The molecule has 40 heavy (non-hydrogen) atoms. The van der Waals surface area contributed by atoms with Crippen LogP contribution < -0.4 is 0 Å². The number of rotatable bonds is 5. The Morgan fingerprint density at radius 1 is 0.475 bits per heavy atom. The van der Waals surface area contributed by atoms with E-state index >= 15 is 0 Å². The summed E-state index contributed by atoms with van der Waals surface area (Å²) in [6.07, 6.45) is 0. The molecule has 8 nitrogen and oxygen atoms in total. The third-order valence-corrected chi connectivity index (χ3v) is 6.41. The van der Waals surface area contributed by atoms with Crippen molar-refractivity contribution in [1.29, 1.82) is 0 Å². The molecule has 5 aromatic rings. The van der Waals surface area contributed by atoms with Gasteiger partial charge in [-0.05, 0) is 69.1 Å². The lowest BCUT2D eigenvalue weighted by Gasteiger charge is -2.15. The van der Waals surface area contributed by atoms with Crippen LogP contribution in [-0.4, -0.2) is 44.3 Å². The normalized spacial score (nSPS) is 10.6. The van der Waals surface area contributed by atoms with Crippen LogP contribution in [0.4, 0.5) is 0 Å². The van der Waals surface area contributed by atoms with Crippen LogP contribution in [-0.2, 0) is 0 Å². The second-order valence-electron chi connectivity index (χ2n) is 8.91. The van der Waals surface area contributed by atoms with Gasteiger partial charge in [0.1, 0.15) is 0 Å². The minimum Gasteiger partial charge on any atom is -0.478 e. The Labute approximate surface area is 226 Å². The Balaban J connectivity index is 1.83. The fourth-order valence-electron chi connectivity index (χ4n) is 4.67. The molecule has 0 aliphatic heterocycles. The van der Waals surface area contributed by atoms with Crippen LogP contribution in [0.3, 0.4) is 0 Å². The Hall–Kier alpha value is -5.94. The number of carboxylic acids is 4. The predicted molar refractivity (Wildman–Crippen MR) is 147 cm³/mol. The maximum absolute atomic E-state index is 11.8. The number of benzene rings is 5. The number of hydrogen-bond acceptors (Lipinski definition) is 4. The number of fused-ring (bicyclic) bond motifs is 2. The Kier molecular flexibility index (Phi) is 6.48. The molecule has 0 aliphatic rings. The fraction of sp³-hybridized carbons (Fsp3) is 0. The zero-order valence-electron chi connectivity index (χ0n) is 20.5. The molecule has 194 valence electrons. The summed E-state index contributed by atoms with van der Waals surface area (Å²) in [6, 6.07) is 22.1. The lowest BCUT2D eigenvalue weighted by molar-refractivity contribution is 0.0676. The maximum Gasteiger partial charge on any atom is 0.335 e. The van der Waals surface area contributed by atoms with E-state index in [-0.39, 0.29) is 27.8 Å². The molecule has 0 saturated heterocycles. The second kappa shape index (κ2) is 10.1. The lowest BCUT2D eigenvalue weighted by Crippen LogP contribution is -2.03. The van der Waals surface area contributed by atoms with Crippen molar-refractivity contribution in [3.8, 4) is 23.0 Å². The topological polar surface area (TPSA) is 149 Å². The molecule has 0 spiro atoms. The van der Waals surface area contributed by atoms with Crippen LogP contribution >= 0.6 is 0 Å². The van der Waals surface area contributed by atoms with Crippen molar-refractivity contribution in [2.75, 3.05) is 0 Å². The van der Waals surface area contributed by atoms with E-state index < -0.39 is 23.9 Å². The first-order chi connectivity index (χ1) is 19.1. The van der Waals surface area contributed by atoms with E-state index in [4.69, 9.17) is 0 Å². The van der Waals surface area contributed by atoms with E-state index in [1.165, 1.54) is 24.3 Å². The largest absolute Gasteiger partial charge is 0.478 e. The maximum atomic E-state index is 11.8. The molecule has 0 amide bonds. The standard InChI is InChI=1S/C32H18O8/c33-29(34)19-11-17(12-20(15-19)30(35)36)9-10-25-23-5-1-3-7-26(23)28(27-8-4-2-6-24(25)27)18-13-21(31(37)38)16-22(14-18)32(39)40/h1-8,11-16H,(H,33,34)(H,35,36)(H,37,38)(H,39,40). The van der Waals surface area contributed by atoms with Gasteiger partial charge in [-0.2, -0.15) is 0 Å². The van der Waals surface area contributed by atoms with E-state index in [0.29, 0.717) is 38.2 Å². The summed E-state index contributed by atoms with van der Waals surface area (Å²) in [7, 11) is 0. The van der Waals surface area contributed by atoms with Gasteiger partial charge in [0.15, 0.2) is 0 Å². The number of aromatic carboxylic acids is 4. The van der Waals surface area contributed by atoms with Gasteiger partial charge in [0, 0.05) is 11.1 Å². The molecule has 0 atom stereocenters. The van der Waals surface area contributed by atoms with Crippen LogP contribution in [0.2, 0.25) is 0 Å². The van der Waals surface area contributed by atoms with Crippen molar-refractivity contribution in [2.24, 2.45) is 0 Å². The molecule has 0 bridgehead atoms. The summed E-state index contributed by atoms with van der Waals surface area (Å²) >= 11 is 0. The molecule has 4 N–H and O–H groups in total. The molecule has 0 radical (unpaired) electrons. The molecular weight excluding hydrogens is 512 g/mol. The van der Waals surface area contributed by atoms with E-state index in [1.54, 1.807) is 24.3 Å². The third kappa shape index (κ3) is 4.71. The highest BCUT2D eigenvalue weighted by Crippen LogP contribution is 2.39. The van der Waals surface area contributed by atoms with Gasteiger partial charge in [-0.3, -0.25) is 0 Å². The number of carboxylic acid groups (broad SMARTS) is 4. The average molecular weight is 530 g/mol. The average Bonchev–Trinajstić information content (AvgIpc) is 2.94. The SMILES string of the molecule is O=C(O)c1cc(C#Cc2c3ccccc3c(-c3cc(C(=O)O)cc(C(=O)O)c3)c3ccccc23)cc(C(=O)O)c1. The van der Waals surface area contributed by atoms with Gasteiger partial charge >= 0.3 is 23.9 Å². The van der Waals surface area contributed by atoms with Gasteiger partial charge in [0.25, 0.3) is 0 Å². The van der Waals surface area contributed by atoms with Crippen molar-refractivity contribution in [3.05, 3.63) is 118 Å². The Morgan fingerprint density at radius 2 is 0.850 bits per heavy atom. The minimum absolute atomic E-state index is 0.167. The molecule has 0 unspecified atom stereocenters. The molecular formula is C32H18O8. The Morgan fingerprint density at radius 3 is 1.25 bits per heavy atom. The van der Waals surface area contributed by atoms with Gasteiger partial charge < -0.3 is 20.4 Å². The zero-order valence-corrected chi connectivity index (χ0v) is 20.5. The second-order valence-corrected chi connectivity index (χ2v) is 8.91. The predicted octanol–water partition coefficient (Wildman–Crippen LogP) is 5.85. The molecule has 0 aromatic heterocycles. The molecule has 0 aliphatic carbocycles. The van der Waals surface area contributed by atoms with Crippen molar-refractivity contribution >= 4 is 45.4 Å². The van der Waals surface area contributed by atoms with Crippen molar-refractivity contribution in [1.82, 2.24) is 0 Å². The van der Waals surface area contributed by atoms with Gasteiger partial charge in [-0.25, -0.2) is 19.2 Å². The minimum atomic E-state index is -1.28. The summed E-state index contributed by atoms with van der Waals surface area (Å²) in [5.41, 5.74) is 1.07. The highest BCUT2D eigenvalue weighted by Gasteiger charge is 2.18. The van der Waals surface area contributed by atoms with E-state index in [2.05, 4.69) is 11.8 Å². The van der Waals surface area contributed by atoms with Gasteiger partial charge in [-0.15, -0.1) is 0 Å². The zero-order chi connectivity index (χ0) is 28.6. The summed E-state index contributed by atoms with van der Waals surface area (Å²) in [5, 5.41) is 40.9. The van der Waals surface area contributed by atoms with Crippen LogP contribution in [0.1, 0.15) is 52.6 Å². The smallest absolute Gasteiger partial charge is 0.335 e. The molecule has 0 heterocycles. The van der Waals surface area contributed by atoms with Crippen LogP contribution in [0.15, 0.2) is 84.9 Å². The quantitative estimate of drug-likeness (QED) is 0.163. The first kappa shape index (κ1) is 25.7. The summed E-state index contributed by atoms with van der Waals surface area (Å²) < 4.78 is 0. The number of hydrogen-bond donors (Lipinski definition) is 4. The van der Waals surface area contributed by atoms with Crippen LogP contribution in [0.25, 0.3) is 32.7 Å². The third-order valence-electron chi connectivity index (χ3n) is 6.41. The molecule has 5 rings (SSSR count). The highest BCUT2D eigenvalue weighted by molar-refractivity contribution is 6.17. The molecule has 8 heteroatoms. The van der Waals surface area contributed by atoms with E-state index in [0.717, 1.165) is 12.1 Å². The monoisotopic (exact) mass is 530 g/mol.